The Morgan fingerprint density at radius 2 is 2.14 bits per heavy atom. The molecule has 0 spiro atoms. The van der Waals surface area contributed by atoms with Crippen molar-refractivity contribution >= 4 is 33.3 Å². The fourth-order valence-electron chi connectivity index (χ4n) is 2.38. The molecule has 8 heteroatoms. The van der Waals surface area contributed by atoms with E-state index < -0.39 is 10.0 Å². The quantitative estimate of drug-likeness (QED) is 0.881. The van der Waals surface area contributed by atoms with Gasteiger partial charge in [-0.05, 0) is 37.5 Å². The van der Waals surface area contributed by atoms with Crippen LogP contribution < -0.4 is 10.6 Å². The molecular formula is C14H20ClN3O3S. The Labute approximate surface area is 135 Å². The Morgan fingerprint density at radius 1 is 1.41 bits per heavy atom. The molecule has 22 heavy (non-hydrogen) atoms. The molecule has 1 aliphatic rings. The molecule has 1 saturated heterocycles. The Balaban J connectivity index is 1.92. The van der Waals surface area contributed by atoms with Gasteiger partial charge in [0.25, 0.3) is 0 Å². The first-order chi connectivity index (χ1) is 10.3. The molecule has 0 aliphatic carbocycles. The van der Waals surface area contributed by atoms with E-state index in [0.29, 0.717) is 23.8 Å². The molecule has 1 heterocycles. The Hall–Kier alpha value is -1.31. The number of nitrogens with zero attached hydrogens (tertiary/aromatic N) is 1. The van der Waals surface area contributed by atoms with Gasteiger partial charge in [-0.25, -0.2) is 17.5 Å². The smallest absolute Gasteiger partial charge is 0.319 e. The molecular weight excluding hydrogens is 326 g/mol. The highest BCUT2D eigenvalue weighted by Crippen LogP contribution is 2.20. The molecule has 0 saturated carbocycles. The number of benzene rings is 1. The van der Waals surface area contributed by atoms with Crippen LogP contribution in [0, 0.1) is 6.92 Å². The molecule has 2 rings (SSSR count). The number of carbonyl (C=O) groups excluding carboxylic acids is 1. The third-order valence-corrected chi connectivity index (χ3v) is 5.29. The van der Waals surface area contributed by atoms with E-state index in [2.05, 4.69) is 10.6 Å². The van der Waals surface area contributed by atoms with Gasteiger partial charge in [0.2, 0.25) is 10.0 Å². The van der Waals surface area contributed by atoms with Crippen molar-refractivity contribution in [3.8, 4) is 0 Å². The number of carbonyl (C=O) groups is 1. The summed E-state index contributed by atoms with van der Waals surface area (Å²) in [7, 11) is -3.22. The summed E-state index contributed by atoms with van der Waals surface area (Å²) in [5, 5.41) is 6.09. The predicted molar refractivity (Wildman–Crippen MR) is 87.8 cm³/mol. The van der Waals surface area contributed by atoms with Gasteiger partial charge in [0.05, 0.1) is 6.26 Å². The summed E-state index contributed by atoms with van der Waals surface area (Å²) >= 11 is 6.01. The third-order valence-electron chi connectivity index (χ3n) is 3.62. The van der Waals surface area contributed by atoms with Crippen LogP contribution in [0.1, 0.15) is 18.4 Å². The number of halogens is 1. The van der Waals surface area contributed by atoms with Crippen LogP contribution in [-0.2, 0) is 10.0 Å². The number of nitrogens with one attached hydrogen (secondary N) is 2. The molecule has 0 radical (unpaired) electrons. The molecule has 1 fully saturated rings. The number of rotatable bonds is 3. The fraction of sp³-hybridized carbons (Fsp3) is 0.500. The van der Waals surface area contributed by atoms with Gasteiger partial charge in [-0.2, -0.15) is 0 Å². The van der Waals surface area contributed by atoms with Crippen LogP contribution in [0.15, 0.2) is 18.2 Å². The van der Waals surface area contributed by atoms with Gasteiger partial charge in [0.15, 0.2) is 0 Å². The predicted octanol–water partition coefficient (Wildman–Crippen LogP) is 2.19. The number of aryl methyl sites for hydroxylation is 1. The van der Waals surface area contributed by atoms with Gasteiger partial charge in [0.1, 0.15) is 0 Å². The van der Waals surface area contributed by atoms with Crippen molar-refractivity contribution in [3.63, 3.8) is 0 Å². The highest BCUT2D eigenvalue weighted by atomic mass is 35.5. The zero-order valence-electron chi connectivity index (χ0n) is 12.6. The van der Waals surface area contributed by atoms with E-state index in [0.717, 1.165) is 18.4 Å². The van der Waals surface area contributed by atoms with E-state index in [-0.39, 0.29) is 12.1 Å². The van der Waals surface area contributed by atoms with Crippen molar-refractivity contribution in [3.05, 3.63) is 28.8 Å². The first-order valence-electron chi connectivity index (χ1n) is 7.04. The van der Waals surface area contributed by atoms with Gasteiger partial charge in [-0.3, -0.25) is 0 Å². The summed E-state index contributed by atoms with van der Waals surface area (Å²) in [4.78, 5) is 12.0. The highest BCUT2D eigenvalue weighted by Gasteiger charge is 2.26. The van der Waals surface area contributed by atoms with Crippen LogP contribution in [0.2, 0.25) is 5.02 Å². The van der Waals surface area contributed by atoms with Crippen molar-refractivity contribution in [2.24, 2.45) is 0 Å². The lowest BCUT2D eigenvalue weighted by Crippen LogP contribution is -2.50. The summed E-state index contributed by atoms with van der Waals surface area (Å²) in [5.41, 5.74) is 1.53. The maximum atomic E-state index is 12.0. The summed E-state index contributed by atoms with van der Waals surface area (Å²) in [6.45, 7) is 2.70. The first-order valence-corrected chi connectivity index (χ1v) is 9.27. The Morgan fingerprint density at radius 3 is 2.77 bits per heavy atom. The lowest BCUT2D eigenvalue weighted by molar-refractivity contribution is 0.236. The third kappa shape index (κ3) is 4.59. The molecule has 1 atom stereocenters. The SMILES string of the molecule is Cc1ccc(NC(=O)NC2CCCN(S(C)(=O)=O)C2)cc1Cl. The largest absolute Gasteiger partial charge is 0.334 e. The number of amides is 2. The van der Waals surface area contributed by atoms with E-state index >= 15 is 0 Å². The van der Waals surface area contributed by atoms with E-state index in [4.69, 9.17) is 11.6 Å². The highest BCUT2D eigenvalue weighted by molar-refractivity contribution is 7.88. The number of piperidine rings is 1. The van der Waals surface area contributed by atoms with Crippen LogP contribution in [0.3, 0.4) is 0 Å². The minimum absolute atomic E-state index is 0.190. The summed E-state index contributed by atoms with van der Waals surface area (Å²) in [6.07, 6.45) is 2.67. The average molecular weight is 346 g/mol. The molecule has 1 aliphatic heterocycles. The molecule has 2 amide bonds. The lowest BCUT2D eigenvalue weighted by Gasteiger charge is -2.31. The maximum Gasteiger partial charge on any atom is 0.319 e. The topological polar surface area (TPSA) is 78.5 Å². The lowest BCUT2D eigenvalue weighted by atomic mass is 10.1. The molecule has 1 aromatic rings. The normalized spacial score (nSPS) is 19.7. The van der Waals surface area contributed by atoms with Gasteiger partial charge >= 0.3 is 6.03 Å². The van der Waals surface area contributed by atoms with Crippen LogP contribution >= 0.6 is 11.6 Å². The number of hydrogen-bond acceptors (Lipinski definition) is 3. The second-order valence-corrected chi connectivity index (χ2v) is 7.91. The second-order valence-electron chi connectivity index (χ2n) is 5.52. The minimum atomic E-state index is -3.22. The zero-order chi connectivity index (χ0) is 16.3. The first kappa shape index (κ1) is 17.1. The van der Waals surface area contributed by atoms with Crippen molar-refractivity contribution in [1.29, 1.82) is 0 Å². The molecule has 0 aromatic heterocycles. The van der Waals surface area contributed by atoms with E-state index in [1.54, 1.807) is 12.1 Å². The Kier molecular flexibility index (Phi) is 5.31. The van der Waals surface area contributed by atoms with Crippen LogP contribution in [-0.4, -0.2) is 44.1 Å². The maximum absolute atomic E-state index is 12.0. The molecule has 1 aromatic carbocycles. The van der Waals surface area contributed by atoms with Crippen molar-refractivity contribution in [2.75, 3.05) is 24.7 Å². The second kappa shape index (κ2) is 6.85. The van der Waals surface area contributed by atoms with Crippen molar-refractivity contribution < 1.29 is 13.2 Å². The molecule has 122 valence electrons. The van der Waals surface area contributed by atoms with Crippen molar-refractivity contribution in [1.82, 2.24) is 9.62 Å². The molecule has 2 N–H and O–H groups in total. The monoisotopic (exact) mass is 345 g/mol. The van der Waals surface area contributed by atoms with Gasteiger partial charge < -0.3 is 10.6 Å². The van der Waals surface area contributed by atoms with Crippen LogP contribution in [0.25, 0.3) is 0 Å². The number of hydrogen-bond donors (Lipinski definition) is 2. The summed E-state index contributed by atoms with van der Waals surface area (Å²) < 4.78 is 24.5. The van der Waals surface area contributed by atoms with E-state index in [1.165, 1.54) is 10.6 Å². The van der Waals surface area contributed by atoms with Gasteiger partial charge in [-0.1, -0.05) is 17.7 Å². The van der Waals surface area contributed by atoms with Crippen LogP contribution in [0.4, 0.5) is 10.5 Å². The number of sulfonamides is 1. The number of urea groups is 1. The summed E-state index contributed by atoms with van der Waals surface area (Å²) in [6, 6.07) is 4.72. The fourth-order valence-corrected chi connectivity index (χ4v) is 3.48. The van der Waals surface area contributed by atoms with E-state index in [9.17, 15) is 13.2 Å². The van der Waals surface area contributed by atoms with Gasteiger partial charge in [-0.15, -0.1) is 0 Å². The molecule has 6 nitrogen and oxygen atoms in total. The number of anilines is 1. The molecule has 0 bridgehead atoms. The van der Waals surface area contributed by atoms with Gasteiger partial charge in [0, 0.05) is 29.8 Å². The summed E-state index contributed by atoms with van der Waals surface area (Å²) in [5.74, 6) is 0. The van der Waals surface area contributed by atoms with Crippen molar-refractivity contribution in [2.45, 2.75) is 25.8 Å². The Bertz CT molecular complexity index is 663. The molecule has 1 unspecified atom stereocenters. The standard InChI is InChI=1S/C14H20ClN3O3S/c1-10-5-6-11(8-13(10)15)16-14(19)17-12-4-3-7-18(9-12)22(2,20)21/h5-6,8,12H,3-4,7,9H2,1-2H3,(H2,16,17,19). The van der Waals surface area contributed by atoms with Crippen LogP contribution in [0.5, 0.6) is 0 Å². The average Bonchev–Trinajstić information content (AvgIpc) is 2.42. The minimum Gasteiger partial charge on any atom is -0.334 e. The van der Waals surface area contributed by atoms with E-state index in [1.807, 2.05) is 13.0 Å². The zero-order valence-corrected chi connectivity index (χ0v) is 14.2.